The molecule has 0 aromatic heterocycles. The number of carbonyl (C=O) groups is 2. The van der Waals surface area contributed by atoms with Crippen LogP contribution in [0.2, 0.25) is 0 Å². The molecular weight excluding hydrogens is 448 g/mol. The van der Waals surface area contributed by atoms with Crippen molar-refractivity contribution >= 4 is 17.4 Å². The van der Waals surface area contributed by atoms with Crippen molar-refractivity contribution in [1.82, 2.24) is 9.80 Å². The Kier molecular flexibility index (Phi) is 7.45. The predicted octanol–water partition coefficient (Wildman–Crippen LogP) is 3.69. The number of amides is 1. The summed E-state index contributed by atoms with van der Waals surface area (Å²) in [5.41, 5.74) is 1.46. The molecule has 0 aliphatic carbocycles. The lowest BCUT2D eigenvalue weighted by molar-refractivity contribution is -0.140. The lowest BCUT2D eigenvalue weighted by Gasteiger charge is -2.27. The molecular formula is C27H34N2O6. The molecule has 1 aliphatic heterocycles. The van der Waals surface area contributed by atoms with Gasteiger partial charge in [-0.15, -0.1) is 0 Å². The highest BCUT2D eigenvalue weighted by Crippen LogP contribution is 2.43. The molecule has 1 unspecified atom stereocenters. The molecule has 2 N–H and O–H groups in total. The summed E-state index contributed by atoms with van der Waals surface area (Å²) >= 11 is 0. The Morgan fingerprint density at radius 3 is 2.20 bits per heavy atom. The minimum atomic E-state index is -0.894. The van der Waals surface area contributed by atoms with Crippen LogP contribution in [0, 0.1) is 0 Å². The summed E-state index contributed by atoms with van der Waals surface area (Å²) in [6.45, 7) is 6.89. The van der Waals surface area contributed by atoms with Gasteiger partial charge < -0.3 is 29.5 Å². The second kappa shape index (κ2) is 10.00. The zero-order chi connectivity index (χ0) is 26.1. The quantitative estimate of drug-likeness (QED) is 0.353. The zero-order valence-electron chi connectivity index (χ0n) is 21.4. The molecule has 1 saturated heterocycles. The normalized spacial score (nSPS) is 17.8. The third-order valence-corrected chi connectivity index (χ3v) is 6.17. The number of likely N-dealkylation sites (N-methyl/N-ethyl adjacent to an activating group) is 1. The van der Waals surface area contributed by atoms with Crippen molar-refractivity contribution in [2.45, 2.75) is 32.2 Å². The van der Waals surface area contributed by atoms with Gasteiger partial charge >= 0.3 is 0 Å². The molecule has 1 atom stereocenters. The Labute approximate surface area is 206 Å². The molecule has 1 heterocycles. The van der Waals surface area contributed by atoms with E-state index in [0.717, 1.165) is 5.56 Å². The first-order chi connectivity index (χ1) is 16.4. The minimum absolute atomic E-state index is 0.0531. The SMILES string of the molecule is COc1ccc(C2/C(=C(\O)c3cc(C(C)(C)C)ccc3OC)C(=O)C(=O)N2CCN(C)C)cc1O. The van der Waals surface area contributed by atoms with E-state index in [9.17, 15) is 19.8 Å². The van der Waals surface area contributed by atoms with Crippen molar-refractivity contribution in [2.75, 3.05) is 41.4 Å². The first-order valence-corrected chi connectivity index (χ1v) is 11.4. The number of aromatic hydroxyl groups is 1. The van der Waals surface area contributed by atoms with Crippen molar-refractivity contribution in [3.63, 3.8) is 0 Å². The molecule has 1 aliphatic rings. The van der Waals surface area contributed by atoms with Gasteiger partial charge in [0.1, 0.15) is 11.5 Å². The summed E-state index contributed by atoms with van der Waals surface area (Å²) in [4.78, 5) is 29.8. The number of phenolic OH excluding ortho intramolecular Hbond substituents is 1. The third kappa shape index (κ3) is 5.12. The van der Waals surface area contributed by atoms with E-state index < -0.39 is 17.7 Å². The number of phenols is 1. The van der Waals surface area contributed by atoms with Crippen LogP contribution >= 0.6 is 0 Å². The maximum Gasteiger partial charge on any atom is 0.295 e. The number of ether oxygens (including phenoxy) is 2. The Bertz CT molecular complexity index is 1160. The summed E-state index contributed by atoms with van der Waals surface area (Å²) in [7, 11) is 6.66. The number of carbonyl (C=O) groups excluding carboxylic acids is 2. The molecule has 3 rings (SSSR count). The smallest absolute Gasteiger partial charge is 0.295 e. The predicted molar refractivity (Wildman–Crippen MR) is 134 cm³/mol. The molecule has 0 radical (unpaired) electrons. The first kappa shape index (κ1) is 26.1. The van der Waals surface area contributed by atoms with Crippen LogP contribution in [-0.2, 0) is 15.0 Å². The fourth-order valence-corrected chi connectivity index (χ4v) is 4.15. The standard InChI is InChI=1S/C27H34N2O6/c1-27(2,3)17-9-11-20(34-6)18(15-17)24(31)22-23(16-8-10-21(35-7)19(30)14-16)29(13-12-28(4)5)26(33)25(22)32/h8-11,14-15,23,30-31H,12-13H2,1-7H3/b24-22+. The third-order valence-electron chi connectivity index (χ3n) is 6.17. The summed E-state index contributed by atoms with van der Waals surface area (Å²) in [5, 5.41) is 21.9. The molecule has 2 aromatic carbocycles. The Balaban J connectivity index is 2.27. The maximum atomic E-state index is 13.3. The van der Waals surface area contributed by atoms with Gasteiger partial charge in [0.2, 0.25) is 0 Å². The number of Topliss-reactive ketones (excluding diaryl/α,β-unsaturated/α-hetero) is 1. The van der Waals surface area contributed by atoms with Gasteiger partial charge in [-0.1, -0.05) is 32.9 Å². The van der Waals surface area contributed by atoms with Gasteiger partial charge in [0, 0.05) is 13.1 Å². The monoisotopic (exact) mass is 482 g/mol. The molecule has 8 nitrogen and oxygen atoms in total. The van der Waals surface area contributed by atoms with Crippen molar-refractivity contribution < 1.29 is 29.3 Å². The van der Waals surface area contributed by atoms with Crippen LogP contribution in [0.5, 0.6) is 17.2 Å². The number of hydrogen-bond donors (Lipinski definition) is 2. The van der Waals surface area contributed by atoms with Crippen LogP contribution < -0.4 is 9.47 Å². The van der Waals surface area contributed by atoms with Crippen LogP contribution in [0.1, 0.15) is 43.5 Å². The Morgan fingerprint density at radius 2 is 1.66 bits per heavy atom. The number of rotatable bonds is 7. The van der Waals surface area contributed by atoms with Crippen LogP contribution in [0.4, 0.5) is 0 Å². The second-order valence-electron chi connectivity index (χ2n) is 9.89. The lowest BCUT2D eigenvalue weighted by atomic mass is 9.85. The first-order valence-electron chi connectivity index (χ1n) is 11.4. The van der Waals surface area contributed by atoms with Crippen molar-refractivity contribution in [3.05, 3.63) is 58.7 Å². The Morgan fingerprint density at radius 1 is 1.03 bits per heavy atom. The number of aliphatic hydroxyl groups excluding tert-OH is 1. The van der Waals surface area contributed by atoms with Gasteiger partial charge in [-0.25, -0.2) is 0 Å². The van der Waals surface area contributed by atoms with E-state index in [0.29, 0.717) is 23.4 Å². The fraction of sp³-hybridized carbons (Fsp3) is 0.407. The highest BCUT2D eigenvalue weighted by molar-refractivity contribution is 6.46. The molecule has 1 amide bonds. The maximum absolute atomic E-state index is 13.3. The summed E-state index contributed by atoms with van der Waals surface area (Å²) in [6, 6.07) is 9.23. The number of aliphatic hydroxyl groups is 1. The molecule has 0 spiro atoms. The number of nitrogens with zero attached hydrogens (tertiary/aromatic N) is 2. The van der Waals surface area contributed by atoms with Gasteiger partial charge in [-0.3, -0.25) is 9.59 Å². The van der Waals surface area contributed by atoms with E-state index in [2.05, 4.69) is 0 Å². The highest BCUT2D eigenvalue weighted by Gasteiger charge is 2.46. The fourth-order valence-electron chi connectivity index (χ4n) is 4.15. The summed E-state index contributed by atoms with van der Waals surface area (Å²) < 4.78 is 10.6. The van der Waals surface area contributed by atoms with E-state index in [1.165, 1.54) is 25.2 Å². The van der Waals surface area contributed by atoms with E-state index in [1.807, 2.05) is 45.8 Å². The van der Waals surface area contributed by atoms with Gasteiger partial charge in [0.15, 0.2) is 11.5 Å². The molecule has 0 bridgehead atoms. The van der Waals surface area contributed by atoms with E-state index in [1.54, 1.807) is 24.3 Å². The van der Waals surface area contributed by atoms with Gasteiger partial charge in [-0.05, 0) is 54.9 Å². The van der Waals surface area contributed by atoms with Crippen molar-refractivity contribution in [2.24, 2.45) is 0 Å². The van der Waals surface area contributed by atoms with Gasteiger partial charge in [0.05, 0.1) is 31.4 Å². The van der Waals surface area contributed by atoms with Crippen LogP contribution in [-0.4, -0.2) is 73.1 Å². The minimum Gasteiger partial charge on any atom is -0.507 e. The number of hydrogen-bond acceptors (Lipinski definition) is 7. The van der Waals surface area contributed by atoms with E-state index in [4.69, 9.17) is 9.47 Å². The van der Waals surface area contributed by atoms with E-state index >= 15 is 0 Å². The number of methoxy groups -OCH3 is 2. The van der Waals surface area contributed by atoms with Crippen molar-refractivity contribution in [3.8, 4) is 17.2 Å². The lowest BCUT2D eigenvalue weighted by Crippen LogP contribution is -2.35. The van der Waals surface area contributed by atoms with Crippen LogP contribution in [0.15, 0.2) is 42.0 Å². The number of likely N-dealkylation sites (tertiary alicyclic amines) is 1. The zero-order valence-corrected chi connectivity index (χ0v) is 21.4. The molecule has 188 valence electrons. The highest BCUT2D eigenvalue weighted by atomic mass is 16.5. The second-order valence-corrected chi connectivity index (χ2v) is 9.89. The summed E-state index contributed by atoms with van der Waals surface area (Å²) in [5.74, 6) is -1.30. The van der Waals surface area contributed by atoms with Gasteiger partial charge in [-0.2, -0.15) is 0 Å². The average molecular weight is 483 g/mol. The van der Waals surface area contributed by atoms with Crippen molar-refractivity contribution in [1.29, 1.82) is 0 Å². The van der Waals surface area contributed by atoms with Crippen LogP contribution in [0.3, 0.4) is 0 Å². The summed E-state index contributed by atoms with van der Waals surface area (Å²) in [6.07, 6.45) is 0. The molecule has 0 saturated carbocycles. The average Bonchev–Trinajstić information content (AvgIpc) is 3.05. The molecule has 35 heavy (non-hydrogen) atoms. The molecule has 1 fully saturated rings. The number of ketones is 1. The largest absolute Gasteiger partial charge is 0.507 e. The van der Waals surface area contributed by atoms with Gasteiger partial charge in [0.25, 0.3) is 11.7 Å². The van der Waals surface area contributed by atoms with E-state index in [-0.39, 0.29) is 34.8 Å². The topological polar surface area (TPSA) is 99.5 Å². The van der Waals surface area contributed by atoms with Crippen LogP contribution in [0.25, 0.3) is 5.76 Å². The number of benzene rings is 2. The Hall–Kier alpha value is -3.52. The molecule has 2 aromatic rings. The molecule has 8 heteroatoms.